The molecule has 1 unspecified atom stereocenters. The molecular formula is C11H9FN2O2. The monoisotopic (exact) mass is 220 g/mol. The van der Waals surface area contributed by atoms with Crippen molar-refractivity contribution in [2.24, 2.45) is 0 Å². The summed E-state index contributed by atoms with van der Waals surface area (Å²) in [5, 5.41) is 8.71. The Balaban J connectivity index is 2.25. The fourth-order valence-corrected chi connectivity index (χ4v) is 1.54. The average molecular weight is 220 g/mol. The third kappa shape index (κ3) is 2.02. The molecule has 0 radical (unpaired) electrons. The summed E-state index contributed by atoms with van der Waals surface area (Å²) >= 11 is 0. The first-order valence-corrected chi connectivity index (χ1v) is 4.78. The zero-order valence-electron chi connectivity index (χ0n) is 8.39. The summed E-state index contributed by atoms with van der Waals surface area (Å²) in [6.45, 7) is -0.00642. The third-order valence-electron chi connectivity index (χ3n) is 2.32. The van der Waals surface area contributed by atoms with E-state index in [-0.39, 0.29) is 19.1 Å². The molecule has 1 aromatic carbocycles. The molecule has 1 aromatic rings. The van der Waals surface area contributed by atoms with E-state index in [4.69, 9.17) is 10.00 Å². The summed E-state index contributed by atoms with van der Waals surface area (Å²) in [5.74, 6) is -0.678. The molecular weight excluding hydrogens is 211 g/mol. The number of benzene rings is 1. The summed E-state index contributed by atoms with van der Waals surface area (Å²) < 4.78 is 18.0. The second-order valence-electron chi connectivity index (χ2n) is 3.41. The number of rotatable bonds is 1. The lowest BCUT2D eigenvalue weighted by Crippen LogP contribution is -2.46. The van der Waals surface area contributed by atoms with Gasteiger partial charge in [-0.05, 0) is 18.2 Å². The minimum Gasteiger partial charge on any atom is -0.352 e. The van der Waals surface area contributed by atoms with Crippen LogP contribution >= 0.6 is 0 Å². The number of morpholine rings is 1. The number of anilines is 1. The molecule has 1 heterocycles. The van der Waals surface area contributed by atoms with E-state index >= 15 is 0 Å². The highest BCUT2D eigenvalue weighted by Gasteiger charge is 2.27. The highest BCUT2D eigenvalue weighted by molar-refractivity contribution is 5.95. The number of ether oxygens (including phenoxy) is 1. The summed E-state index contributed by atoms with van der Waals surface area (Å²) in [4.78, 5) is 12.9. The van der Waals surface area contributed by atoms with Crippen LogP contribution in [0.1, 0.15) is 0 Å². The van der Waals surface area contributed by atoms with Gasteiger partial charge in [0, 0.05) is 5.69 Å². The first kappa shape index (κ1) is 10.6. The van der Waals surface area contributed by atoms with Crippen molar-refractivity contribution in [1.29, 1.82) is 5.26 Å². The number of amides is 1. The van der Waals surface area contributed by atoms with Gasteiger partial charge >= 0.3 is 0 Å². The SMILES string of the molecule is N#CC1CN(c2cccc(F)c2)C(=O)CO1. The quantitative estimate of drug-likeness (QED) is 0.711. The van der Waals surface area contributed by atoms with Gasteiger partial charge in [0.15, 0.2) is 6.10 Å². The highest BCUT2D eigenvalue weighted by Crippen LogP contribution is 2.19. The van der Waals surface area contributed by atoms with Crippen LogP contribution in [0.25, 0.3) is 0 Å². The van der Waals surface area contributed by atoms with Gasteiger partial charge in [-0.15, -0.1) is 0 Å². The van der Waals surface area contributed by atoms with Gasteiger partial charge in [0.2, 0.25) is 0 Å². The number of halogens is 1. The molecule has 1 fully saturated rings. The van der Waals surface area contributed by atoms with Crippen molar-refractivity contribution in [2.75, 3.05) is 18.1 Å². The van der Waals surface area contributed by atoms with Gasteiger partial charge in [0.25, 0.3) is 5.91 Å². The number of hydrogen-bond acceptors (Lipinski definition) is 3. The molecule has 0 N–H and O–H groups in total. The second kappa shape index (κ2) is 4.29. The Hall–Kier alpha value is -1.93. The maximum Gasteiger partial charge on any atom is 0.253 e. The number of hydrogen-bond donors (Lipinski definition) is 0. The normalized spacial score (nSPS) is 20.6. The number of carbonyl (C=O) groups is 1. The van der Waals surface area contributed by atoms with Crippen molar-refractivity contribution in [3.8, 4) is 6.07 Å². The van der Waals surface area contributed by atoms with Gasteiger partial charge < -0.3 is 9.64 Å². The Kier molecular flexibility index (Phi) is 2.84. The number of nitrogens with zero attached hydrogens (tertiary/aromatic N) is 2. The van der Waals surface area contributed by atoms with Crippen molar-refractivity contribution in [3.63, 3.8) is 0 Å². The van der Waals surface area contributed by atoms with Crippen molar-refractivity contribution >= 4 is 11.6 Å². The lowest BCUT2D eigenvalue weighted by molar-refractivity contribution is -0.127. The molecule has 2 rings (SSSR count). The molecule has 0 aliphatic carbocycles. The van der Waals surface area contributed by atoms with Crippen LogP contribution in [0.3, 0.4) is 0 Å². The molecule has 0 bridgehead atoms. The summed E-state index contributed by atoms with van der Waals surface area (Å²) in [5.41, 5.74) is 0.452. The van der Waals surface area contributed by atoms with E-state index in [9.17, 15) is 9.18 Å². The first-order valence-electron chi connectivity index (χ1n) is 4.78. The lowest BCUT2D eigenvalue weighted by atomic mass is 10.2. The van der Waals surface area contributed by atoms with Crippen LogP contribution < -0.4 is 4.90 Å². The van der Waals surface area contributed by atoms with Gasteiger partial charge in [-0.2, -0.15) is 5.26 Å². The summed E-state index contributed by atoms with van der Waals surface area (Å²) in [6.07, 6.45) is -0.652. The molecule has 1 aliphatic rings. The van der Waals surface area contributed by atoms with E-state index in [2.05, 4.69) is 0 Å². The Morgan fingerprint density at radius 2 is 2.38 bits per heavy atom. The van der Waals surface area contributed by atoms with Crippen molar-refractivity contribution in [1.82, 2.24) is 0 Å². The predicted molar refractivity (Wildman–Crippen MR) is 54.1 cm³/mol. The van der Waals surface area contributed by atoms with E-state index < -0.39 is 11.9 Å². The van der Waals surface area contributed by atoms with E-state index in [1.807, 2.05) is 6.07 Å². The third-order valence-corrected chi connectivity index (χ3v) is 2.32. The smallest absolute Gasteiger partial charge is 0.253 e. The van der Waals surface area contributed by atoms with Gasteiger partial charge in [0.1, 0.15) is 12.4 Å². The number of nitriles is 1. The molecule has 0 aromatic heterocycles. The molecule has 1 amide bonds. The molecule has 5 heteroatoms. The van der Waals surface area contributed by atoms with Crippen molar-refractivity contribution in [2.45, 2.75) is 6.10 Å². The van der Waals surface area contributed by atoms with Gasteiger partial charge in [-0.3, -0.25) is 4.79 Å². The molecule has 1 saturated heterocycles. The topological polar surface area (TPSA) is 53.3 Å². The molecule has 4 nitrogen and oxygen atoms in total. The summed E-state index contributed by atoms with van der Waals surface area (Å²) in [6, 6.07) is 7.64. The molecule has 16 heavy (non-hydrogen) atoms. The van der Waals surface area contributed by atoms with Crippen molar-refractivity contribution < 1.29 is 13.9 Å². The van der Waals surface area contributed by atoms with Crippen LogP contribution in [0.15, 0.2) is 24.3 Å². The molecule has 0 saturated carbocycles. The van der Waals surface area contributed by atoms with Crippen LogP contribution in [0, 0.1) is 17.1 Å². The number of carbonyl (C=O) groups excluding carboxylic acids is 1. The van der Waals surface area contributed by atoms with Crippen LogP contribution in [-0.2, 0) is 9.53 Å². The molecule has 82 valence electrons. The Labute approximate surface area is 91.8 Å². The zero-order valence-corrected chi connectivity index (χ0v) is 8.39. The Bertz CT molecular complexity index is 456. The van der Waals surface area contributed by atoms with Crippen LogP contribution in [0.2, 0.25) is 0 Å². The maximum absolute atomic E-state index is 13.0. The first-order chi connectivity index (χ1) is 7.70. The second-order valence-corrected chi connectivity index (χ2v) is 3.41. The van der Waals surface area contributed by atoms with Crippen LogP contribution in [0.4, 0.5) is 10.1 Å². The van der Waals surface area contributed by atoms with E-state index in [1.165, 1.54) is 23.1 Å². The van der Waals surface area contributed by atoms with Crippen LogP contribution in [0.5, 0.6) is 0 Å². The van der Waals surface area contributed by atoms with Crippen LogP contribution in [-0.4, -0.2) is 25.2 Å². The van der Waals surface area contributed by atoms with Gasteiger partial charge in [0.05, 0.1) is 12.6 Å². The van der Waals surface area contributed by atoms with E-state index in [1.54, 1.807) is 6.07 Å². The Morgan fingerprint density at radius 1 is 1.56 bits per heavy atom. The molecule has 0 spiro atoms. The van der Waals surface area contributed by atoms with E-state index in [0.29, 0.717) is 5.69 Å². The fraction of sp³-hybridized carbons (Fsp3) is 0.273. The van der Waals surface area contributed by atoms with E-state index in [0.717, 1.165) is 0 Å². The average Bonchev–Trinajstić information content (AvgIpc) is 2.30. The standard InChI is InChI=1S/C11H9FN2O2/c12-8-2-1-3-9(4-8)14-6-10(5-13)16-7-11(14)15/h1-4,10H,6-7H2. The molecule has 1 atom stereocenters. The van der Waals surface area contributed by atoms with Gasteiger partial charge in [-0.25, -0.2) is 4.39 Å². The Morgan fingerprint density at radius 3 is 3.06 bits per heavy atom. The zero-order chi connectivity index (χ0) is 11.5. The lowest BCUT2D eigenvalue weighted by Gasteiger charge is -2.29. The largest absolute Gasteiger partial charge is 0.352 e. The highest BCUT2D eigenvalue weighted by atomic mass is 19.1. The van der Waals surface area contributed by atoms with Crippen molar-refractivity contribution in [3.05, 3.63) is 30.1 Å². The van der Waals surface area contributed by atoms with Gasteiger partial charge in [-0.1, -0.05) is 6.07 Å². The minimum atomic E-state index is -0.652. The molecule has 1 aliphatic heterocycles. The minimum absolute atomic E-state index is 0.138. The maximum atomic E-state index is 13.0. The predicted octanol–water partition coefficient (Wildman–Crippen LogP) is 1.08. The summed E-state index contributed by atoms with van der Waals surface area (Å²) in [7, 11) is 0. The fourth-order valence-electron chi connectivity index (χ4n) is 1.54.